The molecule has 25 heavy (non-hydrogen) atoms. The number of amides is 1. The Morgan fingerprint density at radius 3 is 2.84 bits per heavy atom. The highest BCUT2D eigenvalue weighted by molar-refractivity contribution is 7.14. The highest BCUT2D eigenvalue weighted by Gasteiger charge is 2.38. The summed E-state index contributed by atoms with van der Waals surface area (Å²) in [6, 6.07) is 2.39. The van der Waals surface area contributed by atoms with Crippen LogP contribution in [-0.2, 0) is 22.6 Å². The van der Waals surface area contributed by atoms with E-state index in [2.05, 4.69) is 10.2 Å². The molecule has 2 aliphatic carbocycles. The number of thiophene rings is 1. The number of fused-ring (bicyclic) bond motifs is 1. The summed E-state index contributed by atoms with van der Waals surface area (Å²) in [6.45, 7) is 2.34. The zero-order valence-corrected chi connectivity index (χ0v) is 15.0. The van der Waals surface area contributed by atoms with Crippen LogP contribution in [0.1, 0.15) is 45.8 Å². The van der Waals surface area contributed by atoms with Crippen molar-refractivity contribution in [3.8, 4) is 0 Å². The second kappa shape index (κ2) is 7.05. The maximum absolute atomic E-state index is 12.5. The van der Waals surface area contributed by atoms with Crippen molar-refractivity contribution in [3.05, 3.63) is 21.4 Å². The van der Waals surface area contributed by atoms with Crippen molar-refractivity contribution in [1.82, 2.24) is 10.2 Å². The first kappa shape index (κ1) is 17.0. The molecule has 2 fully saturated rings. The third kappa shape index (κ3) is 4.04. The molecular weight excluding hydrogens is 340 g/mol. The number of rotatable bonds is 7. The van der Waals surface area contributed by atoms with Crippen LogP contribution < -0.4 is 5.32 Å². The largest absolute Gasteiger partial charge is 0.480 e. The molecule has 0 aromatic carbocycles. The Balaban J connectivity index is 1.28. The van der Waals surface area contributed by atoms with Crippen LogP contribution in [0, 0.1) is 5.92 Å². The number of ether oxygens (including phenoxy) is 1. The lowest BCUT2D eigenvalue weighted by molar-refractivity contribution is -0.139. The quantitative estimate of drug-likeness (QED) is 0.772. The van der Waals surface area contributed by atoms with E-state index >= 15 is 0 Å². The summed E-state index contributed by atoms with van der Waals surface area (Å²) in [6.07, 6.45) is 5.02. The van der Waals surface area contributed by atoms with E-state index in [0.29, 0.717) is 12.5 Å². The molecule has 0 saturated heterocycles. The smallest absolute Gasteiger partial charge is 0.317 e. The zero-order valence-electron chi connectivity index (χ0n) is 14.2. The first-order chi connectivity index (χ1) is 12.1. The molecule has 6 nitrogen and oxygen atoms in total. The number of nitrogens with zero attached hydrogens (tertiary/aromatic N) is 1. The van der Waals surface area contributed by atoms with Crippen molar-refractivity contribution in [2.45, 2.75) is 50.8 Å². The maximum Gasteiger partial charge on any atom is 0.317 e. The van der Waals surface area contributed by atoms with Gasteiger partial charge in [0.1, 0.15) is 0 Å². The Labute approximate surface area is 151 Å². The van der Waals surface area contributed by atoms with Crippen molar-refractivity contribution >= 4 is 23.2 Å². The van der Waals surface area contributed by atoms with Gasteiger partial charge >= 0.3 is 5.97 Å². The minimum absolute atomic E-state index is 0.00479. The summed E-state index contributed by atoms with van der Waals surface area (Å²) in [5, 5.41) is 12.2. The van der Waals surface area contributed by atoms with Crippen LogP contribution in [0.25, 0.3) is 0 Å². The van der Waals surface area contributed by atoms with Crippen LogP contribution in [0.15, 0.2) is 6.07 Å². The van der Waals surface area contributed by atoms with E-state index < -0.39 is 5.97 Å². The third-order valence-corrected chi connectivity index (χ3v) is 6.58. The van der Waals surface area contributed by atoms with Crippen LogP contribution in [0.4, 0.5) is 0 Å². The van der Waals surface area contributed by atoms with Crippen molar-refractivity contribution in [1.29, 1.82) is 0 Å². The second-order valence-corrected chi connectivity index (χ2v) is 8.56. The topological polar surface area (TPSA) is 78.9 Å². The van der Waals surface area contributed by atoms with E-state index in [9.17, 15) is 9.59 Å². The summed E-state index contributed by atoms with van der Waals surface area (Å²) in [5.41, 5.74) is 1.14. The average molecular weight is 364 g/mol. The predicted octanol–water partition coefficient (Wildman–Crippen LogP) is 1.88. The SMILES string of the molecule is O=C(O)CN(CC1CC1)C1CC(NC(=O)c2cc3c(s2)CCOC3)C1. The standard InChI is InChI=1S/C18H24N2O4S/c21-17(22)9-20(8-11-1-2-11)14-6-13(7-14)19-18(23)16-5-12-10-24-4-3-15(12)25-16/h5,11,13-14H,1-4,6-10H2,(H,19,23)(H,21,22). The van der Waals surface area contributed by atoms with Crippen molar-refractivity contribution in [3.63, 3.8) is 0 Å². The highest BCUT2D eigenvalue weighted by Crippen LogP contribution is 2.34. The average Bonchev–Trinajstić information content (AvgIpc) is 3.23. The van der Waals surface area contributed by atoms with Gasteiger partial charge in [-0.3, -0.25) is 14.5 Å². The molecule has 1 aromatic heterocycles. The van der Waals surface area contributed by atoms with E-state index in [0.717, 1.165) is 42.9 Å². The molecule has 4 rings (SSSR count). The van der Waals surface area contributed by atoms with Gasteiger partial charge in [-0.25, -0.2) is 0 Å². The molecular formula is C18H24N2O4S. The first-order valence-corrected chi connectivity index (χ1v) is 9.86. The number of carbonyl (C=O) groups is 2. The fourth-order valence-corrected chi connectivity index (χ4v) is 4.72. The molecule has 1 amide bonds. The van der Waals surface area contributed by atoms with Crippen molar-refractivity contribution in [2.24, 2.45) is 5.92 Å². The second-order valence-electron chi connectivity index (χ2n) is 7.42. The molecule has 2 N–H and O–H groups in total. The first-order valence-electron chi connectivity index (χ1n) is 9.04. The van der Waals surface area contributed by atoms with Crippen molar-refractivity contribution < 1.29 is 19.4 Å². The van der Waals surface area contributed by atoms with Gasteiger partial charge in [0.25, 0.3) is 5.91 Å². The van der Waals surface area contributed by atoms with Gasteiger partial charge in [-0.15, -0.1) is 11.3 Å². The molecule has 7 heteroatoms. The zero-order chi connectivity index (χ0) is 17.4. The van der Waals surface area contributed by atoms with E-state index in [1.807, 2.05) is 6.07 Å². The number of carbonyl (C=O) groups excluding carboxylic acids is 1. The summed E-state index contributed by atoms with van der Waals surface area (Å²) in [4.78, 5) is 27.6. The van der Waals surface area contributed by atoms with Gasteiger partial charge in [0.2, 0.25) is 0 Å². The van der Waals surface area contributed by atoms with Gasteiger partial charge in [-0.1, -0.05) is 0 Å². The lowest BCUT2D eigenvalue weighted by Gasteiger charge is -2.42. The number of hydrogen-bond donors (Lipinski definition) is 2. The number of hydrogen-bond acceptors (Lipinski definition) is 5. The molecule has 0 atom stereocenters. The van der Waals surface area contributed by atoms with Gasteiger partial charge in [0.05, 0.1) is 24.6 Å². The number of carboxylic acids is 1. The van der Waals surface area contributed by atoms with Gasteiger partial charge in [-0.05, 0) is 43.2 Å². The molecule has 2 saturated carbocycles. The lowest BCUT2D eigenvalue weighted by Crippen LogP contribution is -2.55. The predicted molar refractivity (Wildman–Crippen MR) is 93.9 cm³/mol. The molecule has 2 heterocycles. The van der Waals surface area contributed by atoms with Crippen LogP contribution in [0.3, 0.4) is 0 Å². The number of aliphatic carboxylic acids is 1. The molecule has 1 aromatic rings. The van der Waals surface area contributed by atoms with Crippen molar-refractivity contribution in [2.75, 3.05) is 19.7 Å². The Morgan fingerprint density at radius 2 is 2.16 bits per heavy atom. The normalized spacial score (nSPS) is 25.3. The molecule has 0 unspecified atom stereocenters. The van der Waals surface area contributed by atoms with E-state index in [4.69, 9.17) is 9.84 Å². The molecule has 0 radical (unpaired) electrons. The number of carboxylic acid groups (broad SMARTS) is 1. The Kier molecular flexibility index (Phi) is 4.80. The minimum atomic E-state index is -0.764. The van der Waals surface area contributed by atoms with E-state index in [1.165, 1.54) is 17.7 Å². The van der Waals surface area contributed by atoms with Gasteiger partial charge in [-0.2, -0.15) is 0 Å². The molecule has 0 bridgehead atoms. The lowest BCUT2D eigenvalue weighted by atomic mass is 9.85. The molecule has 1 aliphatic heterocycles. The third-order valence-electron chi connectivity index (χ3n) is 5.34. The van der Waals surface area contributed by atoms with Crippen LogP contribution in [0.2, 0.25) is 0 Å². The summed E-state index contributed by atoms with van der Waals surface area (Å²) >= 11 is 1.57. The summed E-state index contributed by atoms with van der Waals surface area (Å²) in [5.74, 6) is -0.0954. The van der Waals surface area contributed by atoms with Gasteiger partial charge in [0, 0.05) is 29.9 Å². The summed E-state index contributed by atoms with van der Waals surface area (Å²) in [7, 11) is 0. The number of nitrogens with one attached hydrogen (secondary N) is 1. The van der Waals surface area contributed by atoms with Crippen LogP contribution in [-0.4, -0.2) is 53.7 Å². The molecule has 0 spiro atoms. The maximum atomic E-state index is 12.5. The fourth-order valence-electron chi connectivity index (χ4n) is 3.67. The Hall–Kier alpha value is -1.44. The van der Waals surface area contributed by atoms with Gasteiger partial charge in [0.15, 0.2) is 0 Å². The molecule has 3 aliphatic rings. The fraction of sp³-hybridized carbons (Fsp3) is 0.667. The van der Waals surface area contributed by atoms with Crippen LogP contribution >= 0.6 is 11.3 Å². The summed E-state index contributed by atoms with van der Waals surface area (Å²) < 4.78 is 5.43. The Bertz CT molecular complexity index is 641. The molecule has 136 valence electrons. The van der Waals surface area contributed by atoms with E-state index in [-0.39, 0.29) is 24.5 Å². The van der Waals surface area contributed by atoms with Crippen LogP contribution in [0.5, 0.6) is 0 Å². The van der Waals surface area contributed by atoms with Gasteiger partial charge < -0.3 is 15.2 Å². The highest BCUT2D eigenvalue weighted by atomic mass is 32.1. The monoisotopic (exact) mass is 364 g/mol. The van der Waals surface area contributed by atoms with E-state index in [1.54, 1.807) is 11.3 Å². The Morgan fingerprint density at radius 1 is 1.36 bits per heavy atom. The minimum Gasteiger partial charge on any atom is -0.480 e.